The zero-order valence-electron chi connectivity index (χ0n) is 11.5. The van der Waals surface area contributed by atoms with Gasteiger partial charge in [0.25, 0.3) is 0 Å². The molecule has 0 aliphatic carbocycles. The highest BCUT2D eigenvalue weighted by molar-refractivity contribution is 7.32. The third-order valence-electron chi connectivity index (χ3n) is 3.11. The van der Waals surface area contributed by atoms with Gasteiger partial charge in [0, 0.05) is 29.5 Å². The van der Waals surface area contributed by atoms with E-state index in [1.54, 1.807) is 4.90 Å². The molecule has 0 aliphatic rings. The van der Waals surface area contributed by atoms with Crippen LogP contribution in [-0.4, -0.2) is 52.0 Å². The molecule has 1 atom stereocenters. The van der Waals surface area contributed by atoms with Gasteiger partial charge in [0.1, 0.15) is 0 Å². The molecule has 3 N–H and O–H groups in total. The Hall–Kier alpha value is -0.100. The van der Waals surface area contributed by atoms with Crippen LogP contribution in [0.25, 0.3) is 0 Å². The molecule has 0 radical (unpaired) electrons. The van der Waals surface area contributed by atoms with Gasteiger partial charge in [0.05, 0.1) is 13.2 Å². The van der Waals surface area contributed by atoms with Crippen LogP contribution in [0.5, 0.6) is 0 Å². The molecule has 0 heterocycles. The Bertz CT molecular complexity index is 246. The fourth-order valence-electron chi connectivity index (χ4n) is 2.49. The summed E-state index contributed by atoms with van der Waals surface area (Å²) in [5.74, 6) is -0.136. The second-order valence-corrected chi connectivity index (χ2v) is 5.48. The topological polar surface area (TPSA) is 90.2 Å². The SMILES string of the molecule is CC(C)C(O[P+](=O)O)(C(C)C)N(CCO)CCO. The van der Waals surface area contributed by atoms with Crippen LogP contribution in [0.3, 0.4) is 0 Å². The maximum Gasteiger partial charge on any atom is 0.696 e. The Morgan fingerprint density at radius 1 is 1.11 bits per heavy atom. The quantitative estimate of drug-likeness (QED) is 0.431. The van der Waals surface area contributed by atoms with Crippen LogP contribution in [0.4, 0.5) is 0 Å². The van der Waals surface area contributed by atoms with Crippen molar-refractivity contribution in [2.24, 2.45) is 11.8 Å². The van der Waals surface area contributed by atoms with Gasteiger partial charge in [0.2, 0.25) is 0 Å². The van der Waals surface area contributed by atoms with E-state index in [0.717, 1.165) is 0 Å². The lowest BCUT2D eigenvalue weighted by Crippen LogP contribution is -2.58. The number of nitrogens with zero attached hydrogens (tertiary/aromatic N) is 1. The highest BCUT2D eigenvalue weighted by Gasteiger charge is 2.50. The van der Waals surface area contributed by atoms with Crippen molar-refractivity contribution in [3.05, 3.63) is 0 Å². The third kappa shape index (κ3) is 4.23. The fourth-order valence-corrected chi connectivity index (χ4v) is 3.28. The Morgan fingerprint density at radius 2 is 1.50 bits per heavy atom. The van der Waals surface area contributed by atoms with Crippen molar-refractivity contribution in [2.75, 3.05) is 26.3 Å². The summed E-state index contributed by atoms with van der Waals surface area (Å²) in [5, 5.41) is 18.2. The summed E-state index contributed by atoms with van der Waals surface area (Å²) >= 11 is 0. The van der Waals surface area contributed by atoms with Crippen LogP contribution in [0, 0.1) is 11.8 Å². The molecule has 0 saturated carbocycles. The fraction of sp³-hybridized carbons (Fsp3) is 1.00. The van der Waals surface area contributed by atoms with Crippen molar-refractivity contribution in [3.8, 4) is 0 Å². The molecular formula is C11H25NO5P+. The summed E-state index contributed by atoms with van der Waals surface area (Å²) in [5.41, 5.74) is -0.979. The molecule has 18 heavy (non-hydrogen) atoms. The summed E-state index contributed by atoms with van der Waals surface area (Å²) < 4.78 is 16.4. The molecule has 108 valence electrons. The van der Waals surface area contributed by atoms with Crippen LogP contribution >= 0.6 is 8.25 Å². The van der Waals surface area contributed by atoms with Crippen LogP contribution in [0.1, 0.15) is 27.7 Å². The first-order valence-electron chi connectivity index (χ1n) is 6.14. The minimum atomic E-state index is -2.76. The standard InChI is InChI=1S/C11H24NO5P/c1-9(2)11(10(3)4,17-18(15)16)12(5-7-13)6-8-14/h9-10,13-14H,5-8H2,1-4H3/p+1. The number of aliphatic hydroxyl groups is 2. The molecule has 0 spiro atoms. The van der Waals surface area contributed by atoms with E-state index in [1.165, 1.54) is 0 Å². The number of hydrogen-bond donors (Lipinski definition) is 3. The lowest BCUT2D eigenvalue weighted by Gasteiger charge is -2.44. The van der Waals surface area contributed by atoms with Crippen LogP contribution in [0.2, 0.25) is 0 Å². The highest BCUT2D eigenvalue weighted by Crippen LogP contribution is 2.40. The van der Waals surface area contributed by atoms with Crippen LogP contribution in [-0.2, 0) is 9.09 Å². The van der Waals surface area contributed by atoms with Gasteiger partial charge >= 0.3 is 8.25 Å². The van der Waals surface area contributed by atoms with Gasteiger partial charge in [-0.05, 0) is 0 Å². The molecule has 0 aromatic heterocycles. The van der Waals surface area contributed by atoms with E-state index in [0.29, 0.717) is 0 Å². The lowest BCUT2D eigenvalue weighted by molar-refractivity contribution is -0.158. The lowest BCUT2D eigenvalue weighted by atomic mass is 9.86. The van der Waals surface area contributed by atoms with Crippen molar-refractivity contribution in [1.29, 1.82) is 0 Å². The molecule has 1 unspecified atom stereocenters. The first-order chi connectivity index (χ1) is 8.32. The molecule has 0 aliphatic heterocycles. The predicted octanol–water partition coefficient (Wildman–Crippen LogP) is 0.948. The van der Waals surface area contributed by atoms with Crippen molar-refractivity contribution in [3.63, 3.8) is 0 Å². The molecule has 0 bridgehead atoms. The maximum atomic E-state index is 11.1. The first-order valence-corrected chi connectivity index (χ1v) is 7.27. The molecule has 0 amide bonds. The Balaban J connectivity index is 5.40. The Kier molecular flexibility index (Phi) is 8.10. The predicted molar refractivity (Wildman–Crippen MR) is 69.1 cm³/mol. The molecular weight excluding hydrogens is 257 g/mol. The van der Waals surface area contributed by atoms with Crippen LogP contribution < -0.4 is 0 Å². The average molecular weight is 282 g/mol. The third-order valence-corrected chi connectivity index (χ3v) is 3.56. The van der Waals surface area contributed by atoms with E-state index < -0.39 is 14.0 Å². The Morgan fingerprint density at radius 3 is 1.72 bits per heavy atom. The maximum absolute atomic E-state index is 11.1. The first kappa shape index (κ1) is 17.9. The second kappa shape index (κ2) is 8.15. The van der Waals surface area contributed by atoms with E-state index in [2.05, 4.69) is 0 Å². The molecule has 0 saturated heterocycles. The van der Waals surface area contributed by atoms with Crippen molar-refractivity contribution in [2.45, 2.75) is 33.4 Å². The molecule has 0 aromatic carbocycles. The normalized spacial score (nSPS) is 13.8. The molecule has 7 heteroatoms. The van der Waals surface area contributed by atoms with Gasteiger partial charge in [0.15, 0.2) is 5.72 Å². The molecule has 6 nitrogen and oxygen atoms in total. The van der Waals surface area contributed by atoms with Crippen LogP contribution in [0.15, 0.2) is 0 Å². The van der Waals surface area contributed by atoms with Gasteiger partial charge in [-0.2, -0.15) is 0 Å². The molecule has 0 rings (SSSR count). The minimum absolute atomic E-state index is 0.0679. The van der Waals surface area contributed by atoms with Gasteiger partial charge in [-0.1, -0.05) is 32.2 Å². The summed E-state index contributed by atoms with van der Waals surface area (Å²) in [7, 11) is -2.76. The summed E-state index contributed by atoms with van der Waals surface area (Å²) in [6.07, 6.45) is 0. The van der Waals surface area contributed by atoms with Gasteiger partial charge in [-0.25, -0.2) is 0 Å². The van der Waals surface area contributed by atoms with Crippen molar-refractivity contribution < 1.29 is 24.2 Å². The summed E-state index contributed by atoms with van der Waals surface area (Å²) in [6.45, 7) is 7.90. The van der Waals surface area contributed by atoms with E-state index >= 15 is 0 Å². The van der Waals surface area contributed by atoms with Gasteiger partial charge in [-0.3, -0.25) is 4.90 Å². The van der Waals surface area contributed by atoms with Crippen molar-refractivity contribution in [1.82, 2.24) is 4.90 Å². The number of rotatable bonds is 9. The monoisotopic (exact) mass is 282 g/mol. The molecule has 0 fully saturated rings. The van der Waals surface area contributed by atoms with E-state index in [4.69, 9.17) is 19.6 Å². The average Bonchev–Trinajstić information content (AvgIpc) is 2.24. The largest absolute Gasteiger partial charge is 0.696 e. The minimum Gasteiger partial charge on any atom is -0.395 e. The zero-order valence-corrected chi connectivity index (χ0v) is 12.4. The molecule has 0 aromatic rings. The second-order valence-electron chi connectivity index (χ2n) is 4.82. The zero-order chi connectivity index (χ0) is 14.3. The van der Waals surface area contributed by atoms with E-state index in [1.807, 2.05) is 27.7 Å². The smallest absolute Gasteiger partial charge is 0.395 e. The van der Waals surface area contributed by atoms with Crippen molar-refractivity contribution >= 4 is 8.25 Å². The summed E-state index contributed by atoms with van der Waals surface area (Å²) in [4.78, 5) is 10.8. The van der Waals surface area contributed by atoms with E-state index in [9.17, 15) is 4.57 Å². The Labute approximate surface area is 110 Å². The number of aliphatic hydroxyl groups excluding tert-OH is 2. The van der Waals surface area contributed by atoms with E-state index in [-0.39, 0.29) is 38.1 Å². The summed E-state index contributed by atoms with van der Waals surface area (Å²) in [6, 6.07) is 0. The van der Waals surface area contributed by atoms with Gasteiger partial charge in [-0.15, -0.1) is 4.89 Å². The van der Waals surface area contributed by atoms with Gasteiger partial charge < -0.3 is 10.2 Å². The number of hydrogen-bond acceptors (Lipinski definition) is 5. The highest BCUT2D eigenvalue weighted by atomic mass is 31.1.